The molecule has 0 bridgehead atoms. The zero-order valence-electron chi connectivity index (χ0n) is 13.1. The lowest BCUT2D eigenvalue weighted by molar-refractivity contribution is -0.152. The largest absolute Gasteiger partial charge is 0.343 e. The molecule has 2 heterocycles. The van der Waals surface area contributed by atoms with Gasteiger partial charge in [-0.2, -0.15) is 0 Å². The summed E-state index contributed by atoms with van der Waals surface area (Å²) < 4.78 is 0. The molecule has 2 rings (SSSR count). The van der Waals surface area contributed by atoms with Crippen LogP contribution in [0.1, 0.15) is 38.4 Å². The van der Waals surface area contributed by atoms with Crippen LogP contribution in [0, 0.1) is 12.8 Å². The van der Waals surface area contributed by atoms with E-state index >= 15 is 0 Å². The van der Waals surface area contributed by atoms with Crippen molar-refractivity contribution in [3.63, 3.8) is 0 Å². The smallest absolute Gasteiger partial charge is 0.246 e. The Labute approximate surface area is 125 Å². The Bertz CT molecular complexity index is 542. The summed E-state index contributed by atoms with van der Waals surface area (Å²) in [6, 6.07) is 3.00. The fourth-order valence-corrected chi connectivity index (χ4v) is 2.76. The van der Waals surface area contributed by atoms with Gasteiger partial charge in [0.15, 0.2) is 0 Å². The predicted molar refractivity (Wildman–Crippen MR) is 80.4 cm³/mol. The highest BCUT2D eigenvalue weighted by molar-refractivity contribution is 5.97. The molecule has 1 aliphatic heterocycles. The van der Waals surface area contributed by atoms with Crippen LogP contribution in [0.3, 0.4) is 0 Å². The molecule has 114 valence electrons. The van der Waals surface area contributed by atoms with E-state index in [1.165, 1.54) is 0 Å². The van der Waals surface area contributed by atoms with E-state index in [1.54, 1.807) is 11.1 Å². The Balaban J connectivity index is 2.32. The van der Waals surface area contributed by atoms with Crippen molar-refractivity contribution in [1.82, 2.24) is 15.2 Å². The van der Waals surface area contributed by atoms with Gasteiger partial charge in [0.2, 0.25) is 11.8 Å². The number of amides is 2. The molecule has 1 aliphatic rings. The molecule has 1 N–H and O–H groups in total. The summed E-state index contributed by atoms with van der Waals surface area (Å²) in [6.07, 6.45) is 2.33. The van der Waals surface area contributed by atoms with Crippen LogP contribution in [-0.4, -0.2) is 33.8 Å². The van der Waals surface area contributed by atoms with Crippen molar-refractivity contribution in [3.05, 3.63) is 29.6 Å². The molecule has 5 nitrogen and oxygen atoms in total. The van der Waals surface area contributed by atoms with Crippen LogP contribution in [0.2, 0.25) is 0 Å². The van der Waals surface area contributed by atoms with Crippen molar-refractivity contribution in [3.8, 4) is 0 Å². The number of aryl methyl sites for hydroxylation is 1. The van der Waals surface area contributed by atoms with Crippen molar-refractivity contribution >= 4 is 11.8 Å². The zero-order valence-corrected chi connectivity index (χ0v) is 13.1. The minimum atomic E-state index is -0.429. The van der Waals surface area contributed by atoms with Gasteiger partial charge in [0.25, 0.3) is 0 Å². The summed E-state index contributed by atoms with van der Waals surface area (Å²) in [4.78, 5) is 31.0. The van der Waals surface area contributed by atoms with Crippen molar-refractivity contribution in [2.75, 3.05) is 0 Å². The molecule has 2 amide bonds. The van der Waals surface area contributed by atoms with Gasteiger partial charge in [-0.1, -0.05) is 26.8 Å². The van der Waals surface area contributed by atoms with Gasteiger partial charge in [-0.25, -0.2) is 0 Å². The van der Waals surface area contributed by atoms with E-state index in [0.29, 0.717) is 13.0 Å². The third kappa shape index (κ3) is 3.06. The van der Waals surface area contributed by atoms with Crippen molar-refractivity contribution in [1.29, 1.82) is 0 Å². The van der Waals surface area contributed by atoms with Gasteiger partial charge < -0.3 is 10.2 Å². The molecule has 1 saturated heterocycles. The van der Waals surface area contributed by atoms with E-state index < -0.39 is 12.1 Å². The monoisotopic (exact) mass is 289 g/mol. The van der Waals surface area contributed by atoms with Crippen molar-refractivity contribution in [2.45, 2.75) is 52.7 Å². The Hall–Kier alpha value is -1.91. The van der Waals surface area contributed by atoms with Gasteiger partial charge in [-0.3, -0.25) is 14.6 Å². The van der Waals surface area contributed by atoms with Crippen LogP contribution in [0.5, 0.6) is 0 Å². The lowest BCUT2D eigenvalue weighted by Crippen LogP contribution is -2.64. The number of rotatable bonds is 4. The summed E-state index contributed by atoms with van der Waals surface area (Å²) in [5.74, 6) is -0.0124. The number of pyridine rings is 1. The first-order valence-electron chi connectivity index (χ1n) is 7.47. The topological polar surface area (TPSA) is 62.3 Å². The van der Waals surface area contributed by atoms with Crippen LogP contribution in [0.4, 0.5) is 0 Å². The van der Waals surface area contributed by atoms with E-state index in [4.69, 9.17) is 0 Å². The molecule has 0 spiro atoms. The molecule has 1 aromatic rings. The zero-order chi connectivity index (χ0) is 15.6. The highest BCUT2D eigenvalue weighted by Gasteiger charge is 2.41. The van der Waals surface area contributed by atoms with Crippen LogP contribution in [0.15, 0.2) is 18.3 Å². The van der Waals surface area contributed by atoms with E-state index in [-0.39, 0.29) is 17.7 Å². The highest BCUT2D eigenvalue weighted by atomic mass is 16.2. The Morgan fingerprint density at radius 3 is 2.67 bits per heavy atom. The molecule has 1 fully saturated rings. The molecular formula is C16H23N3O2. The lowest BCUT2D eigenvalue weighted by Gasteiger charge is -2.40. The van der Waals surface area contributed by atoms with Crippen molar-refractivity contribution < 1.29 is 9.59 Å². The maximum Gasteiger partial charge on any atom is 0.246 e. The third-order valence-corrected chi connectivity index (χ3v) is 3.98. The third-order valence-electron chi connectivity index (χ3n) is 3.98. The molecule has 21 heavy (non-hydrogen) atoms. The molecule has 2 unspecified atom stereocenters. The number of carbonyl (C=O) groups excluding carboxylic acids is 2. The number of hydrogen-bond acceptors (Lipinski definition) is 3. The second kappa shape index (κ2) is 6.24. The van der Waals surface area contributed by atoms with Gasteiger partial charge >= 0.3 is 0 Å². The predicted octanol–water partition coefficient (Wildman–Crippen LogP) is 1.65. The minimum Gasteiger partial charge on any atom is -0.343 e. The van der Waals surface area contributed by atoms with Crippen LogP contribution >= 0.6 is 0 Å². The lowest BCUT2D eigenvalue weighted by atomic mass is 9.95. The molecule has 0 radical (unpaired) electrons. The summed E-state index contributed by atoms with van der Waals surface area (Å²) in [6.45, 7) is 8.18. The van der Waals surface area contributed by atoms with E-state index in [9.17, 15) is 9.59 Å². The number of carbonyl (C=O) groups is 2. The minimum absolute atomic E-state index is 0.0131. The average Bonchev–Trinajstić information content (AvgIpc) is 2.44. The normalized spacial score (nSPS) is 22.6. The Kier molecular flexibility index (Phi) is 4.60. The first kappa shape index (κ1) is 15.5. The molecule has 0 aliphatic carbocycles. The molecular weight excluding hydrogens is 266 g/mol. The van der Waals surface area contributed by atoms with E-state index in [2.05, 4.69) is 10.3 Å². The van der Waals surface area contributed by atoms with E-state index in [1.807, 2.05) is 39.8 Å². The van der Waals surface area contributed by atoms with Gasteiger partial charge in [-0.15, -0.1) is 0 Å². The van der Waals surface area contributed by atoms with Gasteiger partial charge in [-0.05, 0) is 30.9 Å². The molecule has 0 saturated carbocycles. The SMILES string of the molecule is CCC1NC(=O)C(C(C)C)N(Cc2ncccc2C)C1=O. The fourth-order valence-electron chi connectivity index (χ4n) is 2.76. The molecule has 0 aromatic carbocycles. The number of piperazine rings is 1. The first-order chi connectivity index (χ1) is 9.95. The van der Waals surface area contributed by atoms with Gasteiger partial charge in [0, 0.05) is 6.20 Å². The Morgan fingerprint density at radius 1 is 1.38 bits per heavy atom. The quantitative estimate of drug-likeness (QED) is 0.917. The van der Waals surface area contributed by atoms with Crippen LogP contribution in [0.25, 0.3) is 0 Å². The number of nitrogens with zero attached hydrogens (tertiary/aromatic N) is 2. The molecule has 5 heteroatoms. The highest BCUT2D eigenvalue weighted by Crippen LogP contribution is 2.21. The summed E-state index contributed by atoms with van der Waals surface area (Å²) in [5.41, 5.74) is 1.88. The number of nitrogens with one attached hydrogen (secondary N) is 1. The Morgan fingerprint density at radius 2 is 2.10 bits per heavy atom. The number of hydrogen-bond donors (Lipinski definition) is 1. The van der Waals surface area contributed by atoms with Crippen LogP contribution < -0.4 is 5.32 Å². The van der Waals surface area contributed by atoms with E-state index in [0.717, 1.165) is 11.3 Å². The van der Waals surface area contributed by atoms with Gasteiger partial charge in [0.1, 0.15) is 12.1 Å². The summed E-state index contributed by atoms with van der Waals surface area (Å²) in [5, 5.41) is 2.83. The van der Waals surface area contributed by atoms with Crippen LogP contribution in [-0.2, 0) is 16.1 Å². The standard InChI is InChI=1S/C16H23N3O2/c1-5-12-16(21)19(14(10(2)3)15(20)18-12)9-13-11(4)7-6-8-17-13/h6-8,10,12,14H,5,9H2,1-4H3,(H,18,20). The molecule has 2 atom stereocenters. The number of aromatic nitrogens is 1. The maximum atomic E-state index is 12.6. The summed E-state index contributed by atoms with van der Waals surface area (Å²) >= 11 is 0. The summed E-state index contributed by atoms with van der Waals surface area (Å²) in [7, 11) is 0. The second-order valence-electron chi connectivity index (χ2n) is 5.89. The van der Waals surface area contributed by atoms with Gasteiger partial charge in [0.05, 0.1) is 12.2 Å². The first-order valence-corrected chi connectivity index (χ1v) is 7.47. The fraction of sp³-hybridized carbons (Fsp3) is 0.562. The average molecular weight is 289 g/mol. The molecule has 1 aromatic heterocycles. The maximum absolute atomic E-state index is 12.6. The van der Waals surface area contributed by atoms with Crippen molar-refractivity contribution in [2.24, 2.45) is 5.92 Å². The second-order valence-corrected chi connectivity index (χ2v) is 5.89.